The maximum Gasteiger partial charge on any atom is 0.224 e. The van der Waals surface area contributed by atoms with E-state index < -0.39 is 0 Å². The predicted octanol–water partition coefficient (Wildman–Crippen LogP) is 3.09. The number of carbonyl (C=O) groups is 1. The van der Waals surface area contributed by atoms with Crippen molar-refractivity contribution in [3.05, 3.63) is 23.8 Å². The van der Waals surface area contributed by atoms with Crippen LogP contribution >= 0.6 is 0 Å². The summed E-state index contributed by atoms with van der Waals surface area (Å²) in [7, 11) is 1.81. The number of rotatable bonds is 7. The first kappa shape index (κ1) is 19.5. The zero-order valence-electron chi connectivity index (χ0n) is 16.6. The predicted molar refractivity (Wildman–Crippen MR) is 109 cm³/mol. The number of guanidine groups is 1. The second kappa shape index (κ2) is 9.11. The van der Waals surface area contributed by atoms with Gasteiger partial charge in [-0.15, -0.1) is 0 Å². The van der Waals surface area contributed by atoms with Crippen molar-refractivity contribution in [2.75, 3.05) is 32.1 Å². The van der Waals surface area contributed by atoms with Crippen molar-refractivity contribution in [1.29, 1.82) is 0 Å². The summed E-state index contributed by atoms with van der Waals surface area (Å²) in [5.74, 6) is 1.76. The fourth-order valence-electron chi connectivity index (χ4n) is 4.06. The lowest BCUT2D eigenvalue weighted by Gasteiger charge is -2.28. The van der Waals surface area contributed by atoms with Crippen LogP contribution in [0.4, 0.5) is 5.69 Å². The fraction of sp³-hybridized carbons (Fsp3) is 0.619. The molecule has 0 atom stereocenters. The van der Waals surface area contributed by atoms with Crippen LogP contribution in [0.15, 0.2) is 23.2 Å². The molecule has 1 amide bonds. The number of anilines is 1. The van der Waals surface area contributed by atoms with E-state index in [4.69, 9.17) is 4.74 Å². The highest BCUT2D eigenvalue weighted by molar-refractivity contribution is 5.94. The monoisotopic (exact) mass is 372 g/mol. The van der Waals surface area contributed by atoms with Gasteiger partial charge in [0.1, 0.15) is 12.4 Å². The lowest BCUT2D eigenvalue weighted by Crippen LogP contribution is -2.44. The van der Waals surface area contributed by atoms with Crippen molar-refractivity contribution in [3.63, 3.8) is 0 Å². The molecule has 1 aromatic rings. The minimum atomic E-state index is 0.0849. The summed E-state index contributed by atoms with van der Waals surface area (Å²) in [6, 6.07) is 5.84. The van der Waals surface area contributed by atoms with Gasteiger partial charge in [-0.25, -0.2) is 0 Å². The van der Waals surface area contributed by atoms with E-state index in [1.54, 1.807) is 7.05 Å². The highest BCUT2D eigenvalue weighted by Gasteiger charge is 2.31. The molecule has 0 bridgehead atoms. The molecule has 1 aromatic carbocycles. The van der Waals surface area contributed by atoms with Crippen LogP contribution in [-0.4, -0.2) is 38.6 Å². The van der Waals surface area contributed by atoms with Crippen LogP contribution < -0.4 is 20.7 Å². The van der Waals surface area contributed by atoms with E-state index in [0.717, 1.165) is 35.9 Å². The molecule has 1 saturated carbocycles. The lowest BCUT2D eigenvalue weighted by molar-refractivity contribution is -0.116. The van der Waals surface area contributed by atoms with Crippen molar-refractivity contribution in [1.82, 2.24) is 10.6 Å². The Morgan fingerprint density at radius 1 is 1.26 bits per heavy atom. The van der Waals surface area contributed by atoms with Crippen LogP contribution in [0.1, 0.15) is 51.0 Å². The van der Waals surface area contributed by atoms with E-state index in [1.165, 1.54) is 32.1 Å². The van der Waals surface area contributed by atoms with Crippen LogP contribution in [0.3, 0.4) is 0 Å². The summed E-state index contributed by atoms with van der Waals surface area (Å²) in [5.41, 5.74) is 2.48. The van der Waals surface area contributed by atoms with Gasteiger partial charge < -0.3 is 20.7 Å². The lowest BCUT2D eigenvalue weighted by atomic mass is 9.83. The fourth-order valence-corrected chi connectivity index (χ4v) is 4.06. The van der Waals surface area contributed by atoms with Gasteiger partial charge in [0.25, 0.3) is 0 Å². The molecule has 3 N–H and O–H groups in total. The standard InChI is InChI=1S/C21H32N4O2/c1-3-21(10-4-5-11-21)15-24-20(22-2)23-12-13-27-17-7-8-18-16(14-17)6-9-19(26)25-18/h7-8,14H,3-6,9-13,15H2,1-2H3,(H,25,26)(H2,22,23,24). The van der Waals surface area contributed by atoms with Gasteiger partial charge >= 0.3 is 0 Å². The molecule has 3 rings (SSSR count). The van der Waals surface area contributed by atoms with Crippen LogP contribution in [0.2, 0.25) is 0 Å². The number of nitrogens with one attached hydrogen (secondary N) is 3. The summed E-state index contributed by atoms with van der Waals surface area (Å²) < 4.78 is 5.85. The largest absolute Gasteiger partial charge is 0.492 e. The Balaban J connectivity index is 1.40. The van der Waals surface area contributed by atoms with Gasteiger partial charge in [0.2, 0.25) is 5.91 Å². The van der Waals surface area contributed by atoms with Crippen LogP contribution in [0.25, 0.3) is 0 Å². The molecule has 0 radical (unpaired) electrons. The highest BCUT2D eigenvalue weighted by Crippen LogP contribution is 2.40. The van der Waals surface area contributed by atoms with Gasteiger partial charge in [-0.2, -0.15) is 0 Å². The first-order valence-corrected chi connectivity index (χ1v) is 10.1. The summed E-state index contributed by atoms with van der Waals surface area (Å²) in [6.45, 7) is 4.53. The van der Waals surface area contributed by atoms with Crippen molar-refractivity contribution >= 4 is 17.6 Å². The molecule has 1 aliphatic heterocycles. The number of aliphatic imine (C=N–C) groups is 1. The normalized spacial score (nSPS) is 18.6. The Labute approximate surface area is 162 Å². The summed E-state index contributed by atoms with van der Waals surface area (Å²) in [5, 5.41) is 9.71. The number of ether oxygens (including phenoxy) is 1. The van der Waals surface area contributed by atoms with E-state index in [9.17, 15) is 4.79 Å². The molecule has 2 aliphatic rings. The second-order valence-corrected chi connectivity index (χ2v) is 7.63. The molecule has 0 spiro atoms. The number of carbonyl (C=O) groups excluding carboxylic acids is 1. The molecule has 1 heterocycles. The van der Waals surface area contributed by atoms with Gasteiger partial charge in [-0.1, -0.05) is 19.8 Å². The quantitative estimate of drug-likeness (QED) is 0.391. The molecule has 27 heavy (non-hydrogen) atoms. The van der Waals surface area contributed by atoms with E-state index >= 15 is 0 Å². The maximum atomic E-state index is 11.4. The van der Waals surface area contributed by atoms with E-state index in [1.807, 2.05) is 18.2 Å². The van der Waals surface area contributed by atoms with Crippen molar-refractivity contribution in [3.8, 4) is 5.75 Å². The van der Waals surface area contributed by atoms with E-state index in [2.05, 4.69) is 27.9 Å². The van der Waals surface area contributed by atoms with Crippen LogP contribution in [-0.2, 0) is 11.2 Å². The Bertz CT molecular complexity index is 681. The molecule has 0 saturated heterocycles. The third-order valence-corrected chi connectivity index (χ3v) is 5.90. The molecule has 1 fully saturated rings. The third kappa shape index (κ3) is 5.15. The molecular formula is C21H32N4O2. The van der Waals surface area contributed by atoms with Crippen molar-refractivity contribution in [2.24, 2.45) is 10.4 Å². The first-order valence-electron chi connectivity index (χ1n) is 10.1. The Kier molecular flexibility index (Phi) is 6.58. The number of benzene rings is 1. The van der Waals surface area contributed by atoms with Gasteiger partial charge in [0, 0.05) is 25.7 Å². The highest BCUT2D eigenvalue weighted by atomic mass is 16.5. The average Bonchev–Trinajstić information content (AvgIpc) is 3.17. The topological polar surface area (TPSA) is 74.8 Å². The smallest absolute Gasteiger partial charge is 0.224 e. The van der Waals surface area contributed by atoms with Gasteiger partial charge in [0.15, 0.2) is 5.96 Å². The Morgan fingerprint density at radius 3 is 2.81 bits per heavy atom. The Morgan fingerprint density at radius 2 is 2.07 bits per heavy atom. The minimum absolute atomic E-state index is 0.0849. The molecular weight excluding hydrogens is 340 g/mol. The number of fused-ring (bicyclic) bond motifs is 1. The van der Waals surface area contributed by atoms with Crippen LogP contribution in [0, 0.1) is 5.41 Å². The van der Waals surface area contributed by atoms with Gasteiger partial charge in [-0.3, -0.25) is 9.79 Å². The number of aryl methyl sites for hydroxylation is 1. The van der Waals surface area contributed by atoms with Gasteiger partial charge in [0.05, 0.1) is 6.54 Å². The molecule has 0 unspecified atom stereocenters. The minimum Gasteiger partial charge on any atom is -0.492 e. The molecule has 6 nitrogen and oxygen atoms in total. The number of amides is 1. The average molecular weight is 373 g/mol. The second-order valence-electron chi connectivity index (χ2n) is 7.63. The number of hydrogen-bond acceptors (Lipinski definition) is 3. The van der Waals surface area contributed by atoms with Crippen LogP contribution in [0.5, 0.6) is 5.75 Å². The Hall–Kier alpha value is -2.24. The first-order chi connectivity index (χ1) is 13.1. The molecule has 1 aliphatic carbocycles. The molecule has 148 valence electrons. The maximum absolute atomic E-state index is 11.4. The summed E-state index contributed by atoms with van der Waals surface area (Å²) in [6.07, 6.45) is 7.86. The molecule has 0 aromatic heterocycles. The van der Waals surface area contributed by atoms with E-state index in [0.29, 0.717) is 25.0 Å². The summed E-state index contributed by atoms with van der Waals surface area (Å²) in [4.78, 5) is 15.7. The number of nitrogens with zero attached hydrogens (tertiary/aromatic N) is 1. The summed E-state index contributed by atoms with van der Waals surface area (Å²) >= 11 is 0. The van der Waals surface area contributed by atoms with E-state index in [-0.39, 0.29) is 5.91 Å². The van der Waals surface area contributed by atoms with Crippen molar-refractivity contribution < 1.29 is 9.53 Å². The van der Waals surface area contributed by atoms with Gasteiger partial charge in [-0.05, 0) is 54.9 Å². The number of hydrogen-bond donors (Lipinski definition) is 3. The van der Waals surface area contributed by atoms with Crippen molar-refractivity contribution in [2.45, 2.75) is 51.9 Å². The molecule has 6 heteroatoms. The zero-order valence-corrected chi connectivity index (χ0v) is 16.6. The third-order valence-electron chi connectivity index (χ3n) is 5.90. The zero-order chi connectivity index (χ0) is 19.1. The SMILES string of the molecule is CCC1(CNC(=NC)NCCOc2ccc3c(c2)CCC(=O)N3)CCCC1.